The molecule has 0 radical (unpaired) electrons. The lowest BCUT2D eigenvalue weighted by Crippen LogP contribution is -2.52. The van der Waals surface area contributed by atoms with Crippen molar-refractivity contribution in [2.75, 3.05) is 0 Å². The number of hydrogen-bond donors (Lipinski definition) is 1. The van der Waals surface area contributed by atoms with Crippen LogP contribution in [0, 0.1) is 0 Å². The van der Waals surface area contributed by atoms with E-state index in [4.69, 9.17) is 46.4 Å². The Labute approximate surface area is 237 Å². The molecular weight excluding hydrogens is 550 g/mol. The van der Waals surface area contributed by atoms with Crippen molar-refractivity contribution in [2.45, 2.75) is 57.2 Å². The number of carbonyl (C=O) groups is 2. The molecule has 1 atom stereocenters. The smallest absolute Gasteiger partial charge is 0.243 e. The van der Waals surface area contributed by atoms with Gasteiger partial charge in [-0.25, -0.2) is 0 Å². The van der Waals surface area contributed by atoms with E-state index >= 15 is 0 Å². The van der Waals surface area contributed by atoms with Crippen LogP contribution < -0.4 is 5.32 Å². The van der Waals surface area contributed by atoms with E-state index in [1.165, 1.54) is 0 Å². The molecule has 1 fully saturated rings. The maximum Gasteiger partial charge on any atom is 0.243 e. The SMILES string of the molecule is O=C(NC1CCCC1)[C@H](Cc1ccccc1)N(Cc1c(Cl)cccc1Cl)C(=O)Cc1ccc(Cl)c(Cl)c1. The molecule has 0 aliphatic heterocycles. The standard InChI is InChI=1S/C29H28Cl4N2O2/c30-23-11-6-12-24(31)22(23)18-35(28(36)17-20-13-14-25(32)26(33)15-20)27(16-19-7-2-1-3-8-19)29(37)34-21-9-4-5-10-21/h1-3,6-8,11-15,21,27H,4-5,9-10,16-18H2,(H,34,37)/t27-/m0/s1. The summed E-state index contributed by atoms with van der Waals surface area (Å²) in [5.74, 6) is -0.418. The molecule has 0 unspecified atom stereocenters. The number of halogens is 4. The topological polar surface area (TPSA) is 49.4 Å². The maximum atomic E-state index is 13.9. The van der Waals surface area contributed by atoms with Gasteiger partial charge in [-0.05, 0) is 48.2 Å². The van der Waals surface area contributed by atoms with Crippen LogP contribution in [0.4, 0.5) is 0 Å². The Kier molecular flexibility index (Phi) is 9.77. The Bertz CT molecular complexity index is 1230. The fourth-order valence-corrected chi connectivity index (χ4v) is 5.54. The molecule has 3 aromatic carbocycles. The average molecular weight is 578 g/mol. The largest absolute Gasteiger partial charge is 0.352 e. The molecule has 4 rings (SSSR count). The van der Waals surface area contributed by atoms with Gasteiger partial charge in [0.05, 0.1) is 16.5 Å². The van der Waals surface area contributed by atoms with E-state index in [1.54, 1.807) is 41.3 Å². The minimum atomic E-state index is -0.759. The zero-order valence-corrected chi connectivity index (χ0v) is 23.3. The highest BCUT2D eigenvalue weighted by atomic mass is 35.5. The lowest BCUT2D eigenvalue weighted by Gasteiger charge is -2.33. The van der Waals surface area contributed by atoms with Crippen LogP contribution in [0.1, 0.15) is 42.4 Å². The zero-order chi connectivity index (χ0) is 26.4. The van der Waals surface area contributed by atoms with Crippen LogP contribution in [0.2, 0.25) is 20.1 Å². The molecule has 0 heterocycles. The van der Waals surface area contributed by atoms with Gasteiger partial charge >= 0.3 is 0 Å². The van der Waals surface area contributed by atoms with Gasteiger partial charge in [-0.15, -0.1) is 0 Å². The van der Waals surface area contributed by atoms with Gasteiger partial charge in [0.1, 0.15) is 6.04 Å². The molecule has 1 aliphatic carbocycles. The summed E-state index contributed by atoms with van der Waals surface area (Å²) in [6.07, 6.45) is 4.46. The predicted octanol–water partition coefficient (Wildman–Crippen LogP) is 7.54. The van der Waals surface area contributed by atoms with Crippen molar-refractivity contribution in [3.05, 3.63) is 104 Å². The minimum Gasteiger partial charge on any atom is -0.352 e. The summed E-state index contributed by atoms with van der Waals surface area (Å²) in [7, 11) is 0. The third-order valence-electron chi connectivity index (χ3n) is 6.70. The summed E-state index contributed by atoms with van der Waals surface area (Å²) in [6, 6.07) is 19.4. The van der Waals surface area contributed by atoms with Crippen LogP contribution in [0.3, 0.4) is 0 Å². The summed E-state index contributed by atoms with van der Waals surface area (Å²) in [5, 5.41) is 4.85. The van der Waals surface area contributed by atoms with Gasteiger partial charge in [-0.1, -0.05) is 102 Å². The second kappa shape index (κ2) is 13.0. The first-order chi connectivity index (χ1) is 17.8. The van der Waals surface area contributed by atoms with E-state index in [9.17, 15) is 9.59 Å². The molecule has 1 aliphatic rings. The number of nitrogens with one attached hydrogen (secondary N) is 1. The number of hydrogen-bond acceptors (Lipinski definition) is 2. The third-order valence-corrected chi connectivity index (χ3v) is 8.15. The Balaban J connectivity index is 1.70. The summed E-state index contributed by atoms with van der Waals surface area (Å²) in [5.41, 5.74) is 2.25. The number of rotatable bonds is 9. The Morgan fingerprint density at radius 3 is 2.14 bits per heavy atom. The van der Waals surface area contributed by atoms with Crippen molar-refractivity contribution >= 4 is 58.2 Å². The summed E-state index contributed by atoms with van der Waals surface area (Å²) in [6.45, 7) is 0.0915. The van der Waals surface area contributed by atoms with Gasteiger partial charge in [0.25, 0.3) is 0 Å². The molecule has 0 aromatic heterocycles. The molecule has 0 saturated heterocycles. The fraction of sp³-hybridized carbons (Fsp3) is 0.310. The summed E-state index contributed by atoms with van der Waals surface area (Å²) < 4.78 is 0. The molecule has 37 heavy (non-hydrogen) atoms. The monoisotopic (exact) mass is 576 g/mol. The van der Waals surface area contributed by atoms with Crippen molar-refractivity contribution in [1.29, 1.82) is 0 Å². The summed E-state index contributed by atoms with van der Waals surface area (Å²) >= 11 is 25.3. The van der Waals surface area contributed by atoms with Crippen LogP contribution in [0.25, 0.3) is 0 Å². The van der Waals surface area contributed by atoms with Gasteiger partial charge < -0.3 is 10.2 Å². The van der Waals surface area contributed by atoms with Gasteiger partial charge in [-0.3, -0.25) is 9.59 Å². The lowest BCUT2D eigenvalue weighted by atomic mass is 10.0. The van der Waals surface area contributed by atoms with Gasteiger partial charge in [0.2, 0.25) is 11.8 Å². The number of benzene rings is 3. The van der Waals surface area contributed by atoms with Gasteiger partial charge in [0, 0.05) is 34.6 Å². The predicted molar refractivity (Wildman–Crippen MR) is 152 cm³/mol. The van der Waals surface area contributed by atoms with Crippen molar-refractivity contribution in [1.82, 2.24) is 10.2 Å². The average Bonchev–Trinajstić information content (AvgIpc) is 3.38. The first-order valence-electron chi connectivity index (χ1n) is 12.3. The summed E-state index contributed by atoms with van der Waals surface area (Å²) in [4.78, 5) is 29.2. The Hall–Kier alpha value is -2.24. The van der Waals surface area contributed by atoms with Crippen LogP contribution in [0.5, 0.6) is 0 Å². The van der Waals surface area contributed by atoms with Crippen LogP contribution >= 0.6 is 46.4 Å². The molecule has 3 aromatic rings. The third kappa shape index (κ3) is 7.42. The highest BCUT2D eigenvalue weighted by molar-refractivity contribution is 6.42. The Morgan fingerprint density at radius 2 is 1.49 bits per heavy atom. The van der Waals surface area contributed by atoms with Crippen molar-refractivity contribution in [2.24, 2.45) is 0 Å². The van der Waals surface area contributed by atoms with E-state index in [0.717, 1.165) is 31.2 Å². The molecule has 8 heteroatoms. The lowest BCUT2D eigenvalue weighted by molar-refractivity contribution is -0.141. The molecular formula is C29H28Cl4N2O2. The van der Waals surface area contributed by atoms with E-state index in [-0.39, 0.29) is 30.8 Å². The Morgan fingerprint density at radius 1 is 0.811 bits per heavy atom. The minimum absolute atomic E-state index is 0.0426. The van der Waals surface area contributed by atoms with Crippen molar-refractivity contribution < 1.29 is 9.59 Å². The number of amides is 2. The first kappa shape index (κ1) is 27.8. The number of carbonyl (C=O) groups excluding carboxylic acids is 2. The molecule has 1 N–H and O–H groups in total. The fourth-order valence-electron chi connectivity index (χ4n) is 4.70. The zero-order valence-electron chi connectivity index (χ0n) is 20.2. The highest BCUT2D eigenvalue weighted by Crippen LogP contribution is 2.29. The normalized spacial score (nSPS) is 14.4. The van der Waals surface area contributed by atoms with E-state index in [2.05, 4.69) is 5.32 Å². The molecule has 4 nitrogen and oxygen atoms in total. The first-order valence-corrected chi connectivity index (χ1v) is 13.8. The van der Waals surface area contributed by atoms with E-state index in [1.807, 2.05) is 30.3 Å². The molecule has 1 saturated carbocycles. The quantitative estimate of drug-likeness (QED) is 0.285. The van der Waals surface area contributed by atoms with Crippen LogP contribution in [-0.2, 0) is 29.0 Å². The van der Waals surface area contributed by atoms with Gasteiger partial charge in [-0.2, -0.15) is 0 Å². The van der Waals surface area contributed by atoms with Crippen LogP contribution in [-0.4, -0.2) is 28.8 Å². The van der Waals surface area contributed by atoms with E-state index < -0.39 is 6.04 Å². The van der Waals surface area contributed by atoms with Gasteiger partial charge in [0.15, 0.2) is 0 Å². The van der Waals surface area contributed by atoms with Crippen LogP contribution in [0.15, 0.2) is 66.7 Å². The molecule has 194 valence electrons. The van der Waals surface area contributed by atoms with E-state index in [0.29, 0.717) is 37.6 Å². The van der Waals surface area contributed by atoms with Crippen molar-refractivity contribution in [3.63, 3.8) is 0 Å². The second-order valence-electron chi connectivity index (χ2n) is 9.34. The highest BCUT2D eigenvalue weighted by Gasteiger charge is 2.33. The number of nitrogens with zero attached hydrogens (tertiary/aromatic N) is 1. The molecule has 0 bridgehead atoms. The molecule has 0 spiro atoms. The molecule has 2 amide bonds. The maximum absolute atomic E-state index is 13.9. The second-order valence-corrected chi connectivity index (χ2v) is 11.0. The van der Waals surface area contributed by atoms with Crippen molar-refractivity contribution in [3.8, 4) is 0 Å².